The molecule has 6 aliphatic heterocycles. The Morgan fingerprint density at radius 3 is 1.32 bits per heavy atom. The maximum absolute atomic E-state index is 15.0. The number of rotatable bonds is 15. The number of halogens is 2. The predicted octanol–water partition coefficient (Wildman–Crippen LogP) is 18.9. The fourth-order valence-corrected chi connectivity index (χ4v) is 17.9. The van der Waals surface area contributed by atoms with Gasteiger partial charge in [-0.2, -0.15) is 0 Å². The van der Waals surface area contributed by atoms with Gasteiger partial charge < -0.3 is 61.1 Å². The number of carbonyl (C=O) groups excluding carboxylic acids is 7. The van der Waals surface area contributed by atoms with E-state index in [-0.39, 0.29) is 46.9 Å². The third-order valence-electron chi connectivity index (χ3n) is 25.5. The molecule has 0 spiro atoms. The molecule has 8 aromatic heterocycles. The summed E-state index contributed by atoms with van der Waals surface area (Å²) in [5.74, 6) is 1.96. The standard InChI is InChI=1S/C25H22FN5O2.C25H21FN4O3.C19H17N3O2.C18H15N3O.C12H12N4.C12H11N3O/c1-3-16-12-18(19(26)13-28-16)24-30-21-11-15(25(33)27-2)4-8-22(21)31(24)17-6-7-20-14(10-17)5-9-23(32)29-20;1-27-25(32)15-3-9-22-21(12-15)29-24(18-13-17(33-2)6-7-19(18)26)30(22)16-5-8-20-14(11-16)4-10-23(31)28-20;1-24-16-6-2-13(3-7-16)18-11-20-12-22(18)15-5-8-17-14(10-15)4-9-19(23)21-17;22-18-9-6-14-10-15(7-8-16(14)20-18)21-12-19-11-17(21)13-4-2-1-3-5-13;1-9-2-3-10-6-11(7-14-12(10)15-9)16-5-4-13-8-16;16-12-4-2-9-1-3-10(7-11(9)14-12)15-6-5-13-8-15/h4,6-8,10-13H,3,5,9H2,1-2H3,(H,27,33)(H,29,32);3,5-9,11-13H,4,10H2,1-2H3,(H,27,32)(H,28,31);2-3,5-8,10-12H,4,9H2,1H3,(H,21,23);1-5,7-8,10-12H,6,9H2,(H,20,22);4-8H,1-3H2,(H,14,15);1,3,5-8H,2,4H2,(H,14,16). The maximum atomic E-state index is 15.0. The molecule has 24 rings (SSSR count). The van der Waals surface area contributed by atoms with Crippen molar-refractivity contribution in [2.75, 3.05) is 60.2 Å². The molecule has 18 aromatic rings. The number of aromatic nitrogens is 14. The van der Waals surface area contributed by atoms with Gasteiger partial charge in [0.25, 0.3) is 11.8 Å². The second-order valence-corrected chi connectivity index (χ2v) is 34.7. The zero-order chi connectivity index (χ0) is 99.6. The zero-order valence-electron chi connectivity index (χ0n) is 79.2. The van der Waals surface area contributed by atoms with Crippen LogP contribution in [0.3, 0.4) is 0 Å². The largest absolute Gasteiger partial charge is 0.497 e. The number of nitrogens with zero attached hydrogens (tertiary/aromatic N) is 14. The molecule has 0 bridgehead atoms. The van der Waals surface area contributed by atoms with E-state index >= 15 is 0 Å². The highest BCUT2D eigenvalue weighted by Crippen LogP contribution is 2.40. The number of nitrogens with one attached hydrogen (secondary N) is 8. The summed E-state index contributed by atoms with van der Waals surface area (Å²) in [4.78, 5) is 117. The molecule has 8 N–H and O–H groups in total. The van der Waals surface area contributed by atoms with Gasteiger partial charge in [-0.05, 0) is 261 Å². The van der Waals surface area contributed by atoms with Crippen LogP contribution in [0.2, 0.25) is 0 Å². The molecule has 6 aliphatic rings. The van der Waals surface area contributed by atoms with Gasteiger partial charge in [0.1, 0.15) is 34.8 Å². The van der Waals surface area contributed by atoms with Crippen molar-refractivity contribution in [2.45, 2.75) is 90.4 Å². The van der Waals surface area contributed by atoms with E-state index in [0.29, 0.717) is 96.5 Å². The number of allylic oxidation sites excluding steroid dienone is 1. The van der Waals surface area contributed by atoms with Crippen molar-refractivity contribution in [1.29, 1.82) is 0 Å². The third-order valence-corrected chi connectivity index (χ3v) is 25.5. The van der Waals surface area contributed by atoms with Crippen molar-refractivity contribution in [1.82, 2.24) is 77.9 Å². The van der Waals surface area contributed by atoms with Crippen LogP contribution in [0, 0.1) is 11.6 Å². The van der Waals surface area contributed by atoms with E-state index in [1.54, 1.807) is 94.8 Å². The minimum Gasteiger partial charge on any atom is -0.497 e. The smallest absolute Gasteiger partial charge is 0.251 e. The molecule has 0 unspecified atom stereocenters. The third kappa shape index (κ3) is 20.7. The van der Waals surface area contributed by atoms with Crippen LogP contribution in [0.5, 0.6) is 11.5 Å². The van der Waals surface area contributed by atoms with E-state index in [2.05, 4.69) is 125 Å². The highest BCUT2D eigenvalue weighted by atomic mass is 19.1. The first-order valence-corrected chi connectivity index (χ1v) is 47.0. The maximum Gasteiger partial charge on any atom is 0.251 e. The monoisotopic (exact) mass is 1920 g/mol. The summed E-state index contributed by atoms with van der Waals surface area (Å²) in [6.07, 6.45) is 30.0. The fraction of sp³-hybridized carbons (Fsp3) is 0.162. The molecule has 31 nitrogen and oxygen atoms in total. The topological polar surface area (TPSA) is 367 Å². The number of amides is 7. The lowest BCUT2D eigenvalue weighted by atomic mass is 10.0. The Morgan fingerprint density at radius 2 is 0.833 bits per heavy atom. The van der Waals surface area contributed by atoms with Gasteiger partial charge in [0.2, 0.25) is 29.5 Å². The molecular weight excluding hydrogens is 1820 g/mol. The number of ether oxygens (including phenoxy) is 2. The van der Waals surface area contributed by atoms with E-state index in [0.717, 1.165) is 168 Å². The van der Waals surface area contributed by atoms with Crippen molar-refractivity contribution < 1.29 is 51.8 Å². The van der Waals surface area contributed by atoms with Gasteiger partial charge in [0.05, 0.1) is 115 Å². The zero-order valence-corrected chi connectivity index (χ0v) is 79.2. The molecule has 0 atom stereocenters. The van der Waals surface area contributed by atoms with Crippen LogP contribution in [0.15, 0.2) is 299 Å². The van der Waals surface area contributed by atoms with Crippen molar-refractivity contribution in [2.24, 2.45) is 0 Å². The van der Waals surface area contributed by atoms with Gasteiger partial charge in [-0.15, -0.1) is 0 Å². The van der Waals surface area contributed by atoms with Gasteiger partial charge in [-0.3, -0.25) is 56.8 Å². The SMILES string of the molecule is C=C1CCc2cc(-n3ccnc3)cnc2N1.CCc1cc(-c2nc3cc(C(=O)NC)ccc3n2-c2ccc3c(c2)CCC(=O)N3)c(F)cn1.CNC(=O)c1ccc2c(c1)nc(-c1cc(OC)ccc1F)n2-c1ccc2c(c1)CCC(=O)N2.COc1ccc(-c2cncn2-c2ccc3c(c2)CCC(=O)N3)cc1.O=C1CCc2cc(-n3cncc3-c3ccccc3)ccc2N1.O=C1CCc2ccc(-n3ccnc3)cc2N1. The molecule has 720 valence electrons. The average molecular weight is 1920 g/mol. The number of pyridine rings is 2. The number of imidazole rings is 6. The van der Waals surface area contributed by atoms with Gasteiger partial charge in [-0.25, -0.2) is 43.7 Å². The second-order valence-electron chi connectivity index (χ2n) is 34.7. The van der Waals surface area contributed by atoms with Crippen LogP contribution >= 0.6 is 0 Å². The van der Waals surface area contributed by atoms with Crippen molar-refractivity contribution in [3.63, 3.8) is 0 Å². The Bertz CT molecular complexity index is 7770. The van der Waals surface area contributed by atoms with Crippen molar-refractivity contribution in [3.8, 4) is 90.9 Å². The van der Waals surface area contributed by atoms with Crippen molar-refractivity contribution in [3.05, 3.63) is 361 Å². The Kier molecular flexibility index (Phi) is 27.6. The van der Waals surface area contributed by atoms with Gasteiger partial charge in [-0.1, -0.05) is 49.9 Å². The number of aryl methyl sites for hydroxylation is 7. The van der Waals surface area contributed by atoms with E-state index in [1.807, 2.05) is 190 Å². The molecule has 0 radical (unpaired) electrons. The molecule has 0 aliphatic carbocycles. The molecule has 33 heteroatoms. The molecule has 144 heavy (non-hydrogen) atoms. The Hall–Kier alpha value is -18.4. The van der Waals surface area contributed by atoms with Gasteiger partial charge in [0.15, 0.2) is 5.82 Å². The lowest BCUT2D eigenvalue weighted by Gasteiger charge is -2.19. The second kappa shape index (κ2) is 42.1. The highest BCUT2D eigenvalue weighted by molar-refractivity contribution is 6.01. The first-order valence-electron chi connectivity index (χ1n) is 47.0. The van der Waals surface area contributed by atoms with Crippen LogP contribution in [0.1, 0.15) is 105 Å². The highest BCUT2D eigenvalue weighted by Gasteiger charge is 2.28. The summed E-state index contributed by atoms with van der Waals surface area (Å²) in [5.41, 5.74) is 27.0. The van der Waals surface area contributed by atoms with Crippen LogP contribution in [0.25, 0.3) is 101 Å². The quantitative estimate of drug-likeness (QED) is 0.0472. The number of benzene rings is 10. The van der Waals surface area contributed by atoms with Crippen molar-refractivity contribution >= 4 is 97.7 Å². The van der Waals surface area contributed by atoms with E-state index in [4.69, 9.17) is 19.4 Å². The number of fused-ring (bicyclic) bond motifs is 8. The fourth-order valence-electron chi connectivity index (χ4n) is 17.9. The normalized spacial score (nSPS) is 13.4. The minimum atomic E-state index is -0.472. The summed E-state index contributed by atoms with van der Waals surface area (Å²) in [6.45, 7) is 5.88. The average Bonchev–Trinajstić information content (AvgIpc) is 1.60. The summed E-state index contributed by atoms with van der Waals surface area (Å²) < 4.78 is 52.2. The molecule has 0 saturated heterocycles. The molecule has 14 heterocycles. The number of hydrogen-bond donors (Lipinski definition) is 8. The van der Waals surface area contributed by atoms with Crippen LogP contribution < -0.4 is 52.0 Å². The Balaban J connectivity index is 0.000000112. The molecule has 10 aromatic carbocycles. The van der Waals surface area contributed by atoms with Crippen LogP contribution in [0.4, 0.5) is 43.0 Å². The first kappa shape index (κ1) is 94.5. The van der Waals surface area contributed by atoms with E-state index in [1.165, 1.54) is 36.1 Å². The van der Waals surface area contributed by atoms with Crippen LogP contribution in [-0.4, -0.2) is 137 Å². The Morgan fingerprint density at radius 1 is 0.389 bits per heavy atom. The minimum absolute atomic E-state index is 0.00305. The van der Waals surface area contributed by atoms with E-state index in [9.17, 15) is 42.3 Å². The molecule has 0 fully saturated rings. The molecule has 7 amide bonds. The summed E-state index contributed by atoms with van der Waals surface area (Å²) in [6, 6.07) is 66.6. The predicted molar refractivity (Wildman–Crippen MR) is 549 cm³/mol. The number of methoxy groups -OCH3 is 2. The summed E-state index contributed by atoms with van der Waals surface area (Å²) in [5, 5.41) is 22.9. The lowest BCUT2D eigenvalue weighted by molar-refractivity contribution is -0.117. The lowest BCUT2D eigenvalue weighted by Crippen LogP contribution is -2.19. The number of carbonyl (C=O) groups is 7. The van der Waals surface area contributed by atoms with Gasteiger partial charge in [0, 0.05) is 162 Å². The first-order chi connectivity index (χ1) is 70.2. The van der Waals surface area contributed by atoms with E-state index < -0.39 is 11.6 Å². The van der Waals surface area contributed by atoms with Crippen LogP contribution in [-0.2, 0) is 68.9 Å². The number of hydrogen-bond acceptors (Lipinski definition) is 18. The molecule has 0 saturated carbocycles. The summed E-state index contributed by atoms with van der Waals surface area (Å²) in [7, 11) is 6.31. The summed E-state index contributed by atoms with van der Waals surface area (Å²) >= 11 is 0. The number of anilines is 6. The molecular formula is C111H98F2N22O9. The Labute approximate surface area is 825 Å². The van der Waals surface area contributed by atoms with Gasteiger partial charge >= 0.3 is 0 Å².